The van der Waals surface area contributed by atoms with Crippen molar-refractivity contribution in [3.8, 4) is 0 Å². The minimum absolute atomic E-state index is 0. The lowest BCUT2D eigenvalue weighted by molar-refractivity contribution is 0.814. The lowest BCUT2D eigenvalue weighted by Crippen LogP contribution is -2.12. The Kier molecular flexibility index (Phi) is 10.1. The molecule has 0 aliphatic heterocycles. The second-order valence-electron chi connectivity index (χ2n) is 5.24. The Labute approximate surface area is 170 Å². The Hall–Kier alpha value is -1.30. The third-order valence-electron chi connectivity index (χ3n) is 3.50. The first-order valence-electron chi connectivity index (χ1n) is 7.12. The van der Waals surface area contributed by atoms with Crippen LogP contribution in [0, 0.1) is 0 Å². The average molecular weight is 422 g/mol. The van der Waals surface area contributed by atoms with E-state index in [4.69, 9.17) is 17.3 Å². The summed E-state index contributed by atoms with van der Waals surface area (Å²) in [5.74, 6) is 0.763. The standard InChI is InChI=1S/C17H17ClN4.3ClH/c1-11(19)14-8-13-5-2-6-15(18)16(13)22-17(14)21-10-12-4-3-7-20-9-12;;;/h2-9,11H,10,19H2,1H3,(H,21,22);3*1H/t11-;;;/m0.../s1. The van der Waals surface area contributed by atoms with E-state index < -0.39 is 0 Å². The van der Waals surface area contributed by atoms with Crippen molar-refractivity contribution in [3.63, 3.8) is 0 Å². The maximum Gasteiger partial charge on any atom is 0.131 e. The number of fused-ring (bicyclic) bond motifs is 1. The van der Waals surface area contributed by atoms with Crippen molar-refractivity contribution in [2.45, 2.75) is 19.5 Å². The predicted octanol–water partition coefficient (Wildman–Crippen LogP) is 5.18. The van der Waals surface area contributed by atoms with Crippen LogP contribution in [0.3, 0.4) is 0 Å². The minimum Gasteiger partial charge on any atom is -0.366 e. The van der Waals surface area contributed by atoms with Crippen LogP contribution in [-0.4, -0.2) is 9.97 Å². The van der Waals surface area contributed by atoms with Gasteiger partial charge in [-0.25, -0.2) is 4.98 Å². The highest BCUT2D eigenvalue weighted by Gasteiger charge is 2.12. The summed E-state index contributed by atoms with van der Waals surface area (Å²) in [5, 5.41) is 4.97. The van der Waals surface area contributed by atoms with Crippen molar-refractivity contribution in [2.75, 3.05) is 5.32 Å². The third kappa shape index (κ3) is 5.59. The van der Waals surface area contributed by atoms with Crippen LogP contribution in [-0.2, 0) is 6.54 Å². The first-order chi connectivity index (χ1) is 10.6. The van der Waals surface area contributed by atoms with Gasteiger partial charge in [0.15, 0.2) is 0 Å². The number of aromatic nitrogens is 2. The molecule has 4 nitrogen and oxygen atoms in total. The van der Waals surface area contributed by atoms with Gasteiger partial charge in [0.2, 0.25) is 0 Å². The molecule has 0 amide bonds. The normalized spacial score (nSPS) is 10.8. The van der Waals surface area contributed by atoms with Crippen molar-refractivity contribution in [1.29, 1.82) is 0 Å². The van der Waals surface area contributed by atoms with Gasteiger partial charge >= 0.3 is 0 Å². The first kappa shape index (κ1) is 23.7. The Morgan fingerprint density at radius 2 is 1.92 bits per heavy atom. The van der Waals surface area contributed by atoms with Crippen LogP contribution >= 0.6 is 48.8 Å². The molecule has 2 heterocycles. The number of halogens is 4. The van der Waals surface area contributed by atoms with Crippen LogP contribution in [0.5, 0.6) is 0 Å². The number of anilines is 1. The summed E-state index contributed by atoms with van der Waals surface area (Å²) in [5.41, 5.74) is 8.92. The molecular formula is C17H20Cl4N4. The van der Waals surface area contributed by atoms with E-state index in [-0.39, 0.29) is 43.3 Å². The van der Waals surface area contributed by atoms with Gasteiger partial charge in [0, 0.05) is 35.9 Å². The van der Waals surface area contributed by atoms with E-state index in [9.17, 15) is 0 Å². The molecule has 3 aromatic rings. The molecular weight excluding hydrogens is 402 g/mol. The Morgan fingerprint density at radius 1 is 1.16 bits per heavy atom. The molecule has 0 unspecified atom stereocenters. The smallest absolute Gasteiger partial charge is 0.131 e. The molecule has 3 rings (SSSR count). The van der Waals surface area contributed by atoms with Gasteiger partial charge in [-0.05, 0) is 30.7 Å². The molecule has 25 heavy (non-hydrogen) atoms. The van der Waals surface area contributed by atoms with Gasteiger partial charge in [-0.3, -0.25) is 4.98 Å². The molecule has 0 fully saturated rings. The molecule has 1 atom stereocenters. The number of pyridine rings is 2. The molecule has 8 heteroatoms. The summed E-state index contributed by atoms with van der Waals surface area (Å²) >= 11 is 6.25. The fraction of sp³-hybridized carbons (Fsp3) is 0.176. The van der Waals surface area contributed by atoms with Gasteiger partial charge in [-0.1, -0.05) is 29.8 Å². The van der Waals surface area contributed by atoms with Crippen LogP contribution in [0.15, 0.2) is 48.8 Å². The lowest BCUT2D eigenvalue weighted by Gasteiger charge is -2.15. The van der Waals surface area contributed by atoms with E-state index in [1.165, 1.54) is 0 Å². The zero-order chi connectivity index (χ0) is 15.5. The zero-order valence-electron chi connectivity index (χ0n) is 13.5. The summed E-state index contributed by atoms with van der Waals surface area (Å²) in [7, 11) is 0. The molecule has 1 aromatic carbocycles. The number of nitrogens with zero attached hydrogens (tertiary/aromatic N) is 2. The maximum absolute atomic E-state index is 6.25. The Morgan fingerprint density at radius 3 is 2.56 bits per heavy atom. The molecule has 0 radical (unpaired) electrons. The molecule has 3 N–H and O–H groups in total. The average Bonchev–Trinajstić information content (AvgIpc) is 2.53. The van der Waals surface area contributed by atoms with Crippen molar-refractivity contribution in [3.05, 3.63) is 64.9 Å². The molecule has 0 saturated heterocycles. The molecule has 0 bridgehead atoms. The highest BCUT2D eigenvalue weighted by Crippen LogP contribution is 2.28. The number of hydrogen-bond donors (Lipinski definition) is 2. The predicted molar refractivity (Wildman–Crippen MR) is 113 cm³/mol. The van der Waals surface area contributed by atoms with E-state index >= 15 is 0 Å². The van der Waals surface area contributed by atoms with Gasteiger partial charge < -0.3 is 11.1 Å². The van der Waals surface area contributed by atoms with Gasteiger partial charge in [0.05, 0.1) is 10.5 Å². The number of hydrogen-bond acceptors (Lipinski definition) is 4. The highest BCUT2D eigenvalue weighted by atomic mass is 35.5. The molecule has 136 valence electrons. The third-order valence-corrected chi connectivity index (χ3v) is 3.80. The van der Waals surface area contributed by atoms with Gasteiger partial charge in [-0.2, -0.15) is 0 Å². The van der Waals surface area contributed by atoms with Gasteiger partial charge in [-0.15, -0.1) is 37.2 Å². The molecule has 0 aliphatic carbocycles. The summed E-state index contributed by atoms with van der Waals surface area (Å²) in [6.07, 6.45) is 3.58. The number of para-hydroxylation sites is 1. The van der Waals surface area contributed by atoms with Crippen LogP contribution in [0.2, 0.25) is 5.02 Å². The monoisotopic (exact) mass is 420 g/mol. The number of nitrogens with one attached hydrogen (secondary N) is 1. The van der Waals surface area contributed by atoms with E-state index in [1.54, 1.807) is 6.20 Å². The summed E-state index contributed by atoms with van der Waals surface area (Å²) in [4.78, 5) is 8.78. The molecule has 2 aromatic heterocycles. The number of nitrogens with two attached hydrogens (primary N) is 1. The van der Waals surface area contributed by atoms with Gasteiger partial charge in [0.25, 0.3) is 0 Å². The van der Waals surface area contributed by atoms with Crippen LogP contribution in [0.4, 0.5) is 5.82 Å². The second-order valence-corrected chi connectivity index (χ2v) is 5.65. The highest BCUT2D eigenvalue weighted by molar-refractivity contribution is 6.35. The first-order valence-corrected chi connectivity index (χ1v) is 7.50. The van der Waals surface area contributed by atoms with E-state index in [1.807, 2.05) is 49.5 Å². The fourth-order valence-electron chi connectivity index (χ4n) is 2.36. The lowest BCUT2D eigenvalue weighted by atomic mass is 10.1. The Bertz CT molecular complexity index is 797. The number of benzene rings is 1. The molecule has 0 saturated carbocycles. The second kappa shape index (κ2) is 10.6. The molecule has 0 aliphatic rings. The van der Waals surface area contributed by atoms with Crippen molar-refractivity contribution in [1.82, 2.24) is 9.97 Å². The SMILES string of the molecule is C[C@H](N)c1cc2cccc(Cl)c2nc1NCc1cccnc1.Cl.Cl.Cl. The molecule has 0 spiro atoms. The topological polar surface area (TPSA) is 63.8 Å². The maximum atomic E-state index is 6.25. The number of rotatable bonds is 4. The van der Waals surface area contributed by atoms with Crippen LogP contribution in [0.1, 0.15) is 24.1 Å². The summed E-state index contributed by atoms with van der Waals surface area (Å²) in [6.45, 7) is 2.58. The quantitative estimate of drug-likeness (QED) is 0.608. The largest absolute Gasteiger partial charge is 0.366 e. The van der Waals surface area contributed by atoms with Crippen molar-refractivity contribution in [2.24, 2.45) is 5.73 Å². The Balaban J connectivity index is 0.00000192. The minimum atomic E-state index is -0.118. The van der Waals surface area contributed by atoms with Crippen molar-refractivity contribution < 1.29 is 0 Å². The summed E-state index contributed by atoms with van der Waals surface area (Å²) < 4.78 is 0. The van der Waals surface area contributed by atoms with Crippen LogP contribution in [0.25, 0.3) is 10.9 Å². The van der Waals surface area contributed by atoms with E-state index in [0.29, 0.717) is 11.6 Å². The summed E-state index contributed by atoms with van der Waals surface area (Å²) in [6, 6.07) is 11.6. The van der Waals surface area contributed by atoms with E-state index in [2.05, 4.69) is 15.3 Å². The van der Waals surface area contributed by atoms with Gasteiger partial charge in [0.1, 0.15) is 5.82 Å². The fourth-order valence-corrected chi connectivity index (χ4v) is 2.58. The van der Waals surface area contributed by atoms with E-state index in [0.717, 1.165) is 27.8 Å². The van der Waals surface area contributed by atoms with Crippen LogP contribution < -0.4 is 11.1 Å². The zero-order valence-corrected chi connectivity index (χ0v) is 16.7. The van der Waals surface area contributed by atoms with Crippen molar-refractivity contribution >= 4 is 65.5 Å².